The number of unbranched alkanes of at least 4 members (excludes halogenated alkanes) is 1. The molecule has 0 saturated carbocycles. The van der Waals surface area contributed by atoms with Crippen LogP contribution in [0.5, 0.6) is 0 Å². The van der Waals surface area contributed by atoms with Crippen molar-refractivity contribution in [1.29, 1.82) is 0 Å². The number of amides is 7. The lowest BCUT2D eigenvalue weighted by Gasteiger charge is -2.54. The number of nitrogens with zero attached hydrogens (tertiary/aromatic N) is 2. The van der Waals surface area contributed by atoms with E-state index in [0.29, 0.717) is 64.8 Å². The van der Waals surface area contributed by atoms with Gasteiger partial charge in [0, 0.05) is 51.0 Å². The molecule has 73 heavy (non-hydrogen) atoms. The molecule has 5 rings (SSSR count). The average molecular weight is 1010 g/mol. The van der Waals surface area contributed by atoms with Crippen molar-refractivity contribution in [2.24, 2.45) is 17.1 Å². The van der Waals surface area contributed by atoms with E-state index < -0.39 is 71.3 Å². The third kappa shape index (κ3) is 19.1. The summed E-state index contributed by atoms with van der Waals surface area (Å²) in [6.07, 6.45) is 2.15. The molecule has 0 unspecified atom stereocenters. The third-order valence-corrected chi connectivity index (χ3v) is 12.9. The molecule has 2 fully saturated rings. The first kappa shape index (κ1) is 57.4. The van der Waals surface area contributed by atoms with Gasteiger partial charge in [0.05, 0.1) is 6.04 Å². The molecule has 2 aliphatic heterocycles. The molecular weight excluding hydrogens is 929 g/mol. The number of ether oxygens (including phenoxy) is 2. The number of piperidine rings is 1. The van der Waals surface area contributed by atoms with Crippen molar-refractivity contribution in [3.63, 3.8) is 0 Å². The summed E-state index contributed by atoms with van der Waals surface area (Å²) in [6, 6.07) is 23.0. The molecule has 17 heteroatoms. The molecule has 3 aromatic carbocycles. The van der Waals surface area contributed by atoms with Gasteiger partial charge in [-0.3, -0.25) is 24.0 Å². The highest BCUT2D eigenvalue weighted by Crippen LogP contribution is 2.41. The van der Waals surface area contributed by atoms with Crippen molar-refractivity contribution in [2.75, 3.05) is 32.7 Å². The SMILES string of the molecule is CC(C)C[C@@H](NC(=O)[C@@H](Cc1ccccc1)NC(=O)[C@@H](Cc1ccccc1)NC(=O)OC(C)(C)C)C(=O)N[C@H](CCCCNC(=O)OC(C)(C)C)C(=O)N1CC2(CCN(C(=O)[C@H](N)Cc3ccccc3)CC2)C1. The molecular formula is C56H80N8O9. The fourth-order valence-electron chi connectivity index (χ4n) is 9.17. The number of carbonyl (C=O) groups excluding carboxylic acids is 7. The molecule has 2 heterocycles. The van der Waals surface area contributed by atoms with Crippen molar-refractivity contribution in [3.05, 3.63) is 108 Å². The molecule has 1 spiro atoms. The molecule has 0 bridgehead atoms. The largest absolute Gasteiger partial charge is 0.444 e. The van der Waals surface area contributed by atoms with Crippen LogP contribution >= 0.6 is 0 Å². The van der Waals surface area contributed by atoms with Crippen LogP contribution in [0.2, 0.25) is 0 Å². The third-order valence-electron chi connectivity index (χ3n) is 12.9. The summed E-state index contributed by atoms with van der Waals surface area (Å²) in [6.45, 7) is 16.6. The number of nitrogens with two attached hydrogens (primary N) is 1. The van der Waals surface area contributed by atoms with Gasteiger partial charge in [-0.1, -0.05) is 105 Å². The van der Waals surface area contributed by atoms with Gasteiger partial charge in [0.2, 0.25) is 29.5 Å². The van der Waals surface area contributed by atoms with E-state index in [9.17, 15) is 33.6 Å². The van der Waals surface area contributed by atoms with Gasteiger partial charge in [0.25, 0.3) is 0 Å². The summed E-state index contributed by atoms with van der Waals surface area (Å²) < 4.78 is 10.9. The number of rotatable bonds is 22. The lowest BCUT2D eigenvalue weighted by molar-refractivity contribution is -0.153. The fourth-order valence-corrected chi connectivity index (χ4v) is 9.17. The molecule has 0 aliphatic carbocycles. The van der Waals surface area contributed by atoms with Crippen LogP contribution in [0, 0.1) is 11.3 Å². The van der Waals surface area contributed by atoms with Crippen LogP contribution in [0.4, 0.5) is 9.59 Å². The average Bonchev–Trinajstić information content (AvgIpc) is 3.31. The lowest BCUT2D eigenvalue weighted by atomic mass is 9.71. The highest BCUT2D eigenvalue weighted by atomic mass is 16.6. The Morgan fingerprint density at radius 2 is 1.00 bits per heavy atom. The minimum atomic E-state index is -1.18. The predicted octanol–water partition coefficient (Wildman–Crippen LogP) is 5.58. The zero-order valence-corrected chi connectivity index (χ0v) is 44.2. The zero-order valence-electron chi connectivity index (χ0n) is 44.2. The first-order valence-corrected chi connectivity index (χ1v) is 25.8. The summed E-state index contributed by atoms with van der Waals surface area (Å²) >= 11 is 0. The summed E-state index contributed by atoms with van der Waals surface area (Å²) in [5, 5.41) is 14.2. The number of carbonyl (C=O) groups is 7. The summed E-state index contributed by atoms with van der Waals surface area (Å²) in [5.74, 6) is -2.22. The first-order chi connectivity index (χ1) is 34.5. The van der Waals surface area contributed by atoms with Crippen molar-refractivity contribution in [1.82, 2.24) is 36.4 Å². The van der Waals surface area contributed by atoms with Crippen LogP contribution < -0.4 is 32.3 Å². The lowest BCUT2D eigenvalue weighted by Crippen LogP contribution is -2.66. The van der Waals surface area contributed by atoms with Gasteiger partial charge >= 0.3 is 12.2 Å². The van der Waals surface area contributed by atoms with Crippen LogP contribution in [0.3, 0.4) is 0 Å². The Labute approximate surface area is 431 Å². The maximum atomic E-state index is 14.5. The van der Waals surface area contributed by atoms with E-state index in [1.165, 1.54) is 0 Å². The van der Waals surface area contributed by atoms with E-state index in [1.807, 2.05) is 110 Å². The second-order valence-corrected chi connectivity index (χ2v) is 22.1. The highest BCUT2D eigenvalue weighted by molar-refractivity contribution is 5.95. The minimum Gasteiger partial charge on any atom is -0.444 e. The fraction of sp³-hybridized carbons (Fsp3) is 0.554. The van der Waals surface area contributed by atoms with Crippen molar-refractivity contribution < 1.29 is 43.0 Å². The topological polar surface area (TPSA) is 231 Å². The van der Waals surface area contributed by atoms with E-state index in [0.717, 1.165) is 16.7 Å². The number of nitrogens with one attached hydrogen (secondary N) is 5. The van der Waals surface area contributed by atoms with E-state index >= 15 is 0 Å². The maximum Gasteiger partial charge on any atom is 0.408 e. The smallest absolute Gasteiger partial charge is 0.408 e. The number of hydrogen-bond donors (Lipinski definition) is 6. The van der Waals surface area contributed by atoms with Crippen LogP contribution in [0.1, 0.15) is 111 Å². The van der Waals surface area contributed by atoms with Gasteiger partial charge < -0.3 is 51.6 Å². The summed E-state index contributed by atoms with van der Waals surface area (Å²) in [7, 11) is 0. The molecule has 3 aromatic rings. The van der Waals surface area contributed by atoms with Gasteiger partial charge in [-0.15, -0.1) is 0 Å². The van der Waals surface area contributed by atoms with E-state index in [2.05, 4.69) is 26.6 Å². The van der Waals surface area contributed by atoms with Gasteiger partial charge in [-0.25, -0.2) is 9.59 Å². The Bertz CT molecular complexity index is 2290. The normalized spacial score (nSPS) is 16.4. The zero-order chi connectivity index (χ0) is 53.3. The van der Waals surface area contributed by atoms with Gasteiger partial charge in [-0.05, 0) is 109 Å². The second-order valence-electron chi connectivity index (χ2n) is 22.1. The summed E-state index contributed by atoms with van der Waals surface area (Å²) in [5.41, 5.74) is 7.21. The monoisotopic (exact) mass is 1010 g/mol. The number of benzene rings is 3. The molecule has 0 aromatic heterocycles. The molecule has 7 amide bonds. The van der Waals surface area contributed by atoms with E-state index in [-0.39, 0.29) is 48.8 Å². The summed E-state index contributed by atoms with van der Waals surface area (Å²) in [4.78, 5) is 100. The van der Waals surface area contributed by atoms with E-state index in [4.69, 9.17) is 15.2 Å². The maximum absolute atomic E-state index is 14.5. The van der Waals surface area contributed by atoms with Crippen LogP contribution in [0.25, 0.3) is 0 Å². The Morgan fingerprint density at radius 1 is 0.562 bits per heavy atom. The Morgan fingerprint density at radius 3 is 1.49 bits per heavy atom. The molecule has 2 saturated heterocycles. The van der Waals surface area contributed by atoms with Gasteiger partial charge in [0.15, 0.2) is 0 Å². The minimum absolute atomic E-state index is 0.0690. The molecule has 5 atom stereocenters. The molecule has 0 radical (unpaired) electrons. The second kappa shape index (κ2) is 26.5. The highest BCUT2D eigenvalue weighted by Gasteiger charge is 2.49. The van der Waals surface area contributed by atoms with E-state index in [1.54, 1.807) is 46.4 Å². The van der Waals surface area contributed by atoms with Crippen LogP contribution in [0.15, 0.2) is 91.0 Å². The quantitative estimate of drug-likeness (QED) is 0.0685. The number of hydrogen-bond acceptors (Lipinski definition) is 10. The standard InChI is InChI=1S/C56H80N8O9/c1-38(2)32-44(60-48(66)45(34-40-22-14-10-15-23-40)61-49(67)46(35-41-24-16-11-17-25-41)62-53(71)73-55(6,7)8)47(65)59-43(26-18-19-29-58-52(70)72-54(3,4)5)51(69)64-36-56(37-64)27-30-63(31-28-56)50(68)42(57)33-39-20-12-9-13-21-39/h9-17,20-25,38,42-46H,18-19,26-37,57H2,1-8H3,(H,58,70)(H,59,65)(H,60,66)(H,61,67)(H,62,71)/t42-,43-,44-,45-,46-/m1/s1. The molecule has 17 nitrogen and oxygen atoms in total. The van der Waals surface area contributed by atoms with Crippen molar-refractivity contribution in [3.8, 4) is 0 Å². The van der Waals surface area contributed by atoms with Crippen molar-refractivity contribution in [2.45, 2.75) is 155 Å². The van der Waals surface area contributed by atoms with Crippen LogP contribution in [-0.2, 0) is 52.7 Å². The van der Waals surface area contributed by atoms with Crippen molar-refractivity contribution >= 4 is 41.7 Å². The Balaban J connectivity index is 1.29. The molecule has 2 aliphatic rings. The predicted molar refractivity (Wildman–Crippen MR) is 280 cm³/mol. The molecule has 7 N–H and O–H groups in total. The number of likely N-dealkylation sites (tertiary alicyclic amines) is 2. The Hall–Kier alpha value is -6.49. The molecule has 398 valence electrons. The van der Waals surface area contributed by atoms with Crippen LogP contribution in [-0.4, -0.2) is 126 Å². The first-order valence-electron chi connectivity index (χ1n) is 25.8. The van der Waals surface area contributed by atoms with Gasteiger partial charge in [-0.2, -0.15) is 0 Å². The van der Waals surface area contributed by atoms with Gasteiger partial charge in [0.1, 0.15) is 35.4 Å². The number of alkyl carbamates (subject to hydrolysis) is 2. The Kier molecular flexibility index (Phi) is 20.8.